The van der Waals surface area contributed by atoms with Crippen LogP contribution in [-0.2, 0) is 0 Å². The molecule has 10 heavy (non-hydrogen) atoms. The van der Waals surface area contributed by atoms with Crippen LogP contribution in [0.15, 0.2) is 11.6 Å². The molecule has 0 N–H and O–H groups in total. The Kier molecular flexibility index (Phi) is 3.22. The van der Waals surface area contributed by atoms with Crippen molar-refractivity contribution in [3.8, 4) is 0 Å². The Morgan fingerprint density at radius 1 is 1.80 bits per heavy atom. The number of aromatic nitrogens is 1. The van der Waals surface area contributed by atoms with Crippen LogP contribution in [0.1, 0.15) is 17.8 Å². The van der Waals surface area contributed by atoms with Crippen LogP contribution < -0.4 is 0 Å². The molecule has 0 spiro atoms. The number of thiazole rings is 1. The molecule has 0 radical (unpaired) electrons. The van der Waals surface area contributed by atoms with Crippen molar-refractivity contribution in [2.45, 2.75) is 12.8 Å². The third-order valence-corrected chi connectivity index (χ3v) is 3.13. The van der Waals surface area contributed by atoms with Gasteiger partial charge in [-0.05, 0) is 6.26 Å². The molecule has 1 unspecified atom stereocenters. The third-order valence-electron chi connectivity index (χ3n) is 1.29. The van der Waals surface area contributed by atoms with E-state index in [9.17, 15) is 0 Å². The molecule has 0 aliphatic heterocycles. The summed E-state index contributed by atoms with van der Waals surface area (Å²) in [5.74, 6) is 1.79. The van der Waals surface area contributed by atoms with E-state index in [1.165, 1.54) is 10.8 Å². The first-order valence-electron chi connectivity index (χ1n) is 3.23. The molecule has 0 aromatic carbocycles. The molecule has 1 aromatic heterocycles. The Morgan fingerprint density at radius 3 is 3.10 bits per heavy atom. The maximum absolute atomic E-state index is 4.24. The summed E-state index contributed by atoms with van der Waals surface area (Å²) >= 11 is 3.62. The fourth-order valence-corrected chi connectivity index (χ4v) is 2.26. The molecule has 0 saturated carbocycles. The van der Waals surface area contributed by atoms with Gasteiger partial charge >= 0.3 is 0 Å². The minimum Gasteiger partial charge on any atom is -0.249 e. The van der Waals surface area contributed by atoms with Gasteiger partial charge in [0.1, 0.15) is 0 Å². The molecule has 0 aliphatic carbocycles. The van der Waals surface area contributed by atoms with Crippen molar-refractivity contribution < 1.29 is 0 Å². The summed E-state index contributed by atoms with van der Waals surface area (Å²) in [6, 6.07) is 0. The van der Waals surface area contributed by atoms with Gasteiger partial charge in [0.25, 0.3) is 0 Å². The van der Waals surface area contributed by atoms with Gasteiger partial charge in [0.15, 0.2) is 0 Å². The van der Waals surface area contributed by atoms with Crippen LogP contribution in [0, 0.1) is 0 Å². The van der Waals surface area contributed by atoms with Crippen molar-refractivity contribution in [3.05, 3.63) is 16.6 Å². The quantitative estimate of drug-likeness (QED) is 0.697. The van der Waals surface area contributed by atoms with E-state index in [0.717, 1.165) is 0 Å². The summed E-state index contributed by atoms with van der Waals surface area (Å²) in [5, 5.41) is 3.29. The largest absolute Gasteiger partial charge is 0.249 e. The van der Waals surface area contributed by atoms with E-state index in [4.69, 9.17) is 0 Å². The van der Waals surface area contributed by atoms with Gasteiger partial charge in [-0.25, -0.2) is 4.98 Å². The maximum Gasteiger partial charge on any atom is 0.0961 e. The number of rotatable bonds is 3. The molecular formula is C7H11NS2. The van der Waals surface area contributed by atoms with E-state index in [-0.39, 0.29) is 0 Å². The summed E-state index contributed by atoms with van der Waals surface area (Å²) in [5.41, 5.74) is 0. The molecule has 0 aliphatic rings. The first kappa shape index (κ1) is 8.08. The van der Waals surface area contributed by atoms with E-state index < -0.39 is 0 Å². The highest BCUT2D eigenvalue weighted by Gasteiger charge is 2.05. The first-order chi connectivity index (χ1) is 4.84. The second-order valence-electron chi connectivity index (χ2n) is 2.23. The normalized spacial score (nSPS) is 13.4. The van der Waals surface area contributed by atoms with Gasteiger partial charge in [0.05, 0.1) is 5.01 Å². The van der Waals surface area contributed by atoms with Gasteiger partial charge in [-0.1, -0.05) is 6.92 Å². The molecule has 1 aromatic rings. The Labute approximate surface area is 69.9 Å². The first-order valence-corrected chi connectivity index (χ1v) is 5.50. The van der Waals surface area contributed by atoms with Crippen molar-refractivity contribution >= 4 is 23.1 Å². The fourth-order valence-electron chi connectivity index (χ4n) is 0.799. The van der Waals surface area contributed by atoms with Crippen molar-refractivity contribution in [2.75, 3.05) is 12.0 Å². The van der Waals surface area contributed by atoms with Crippen LogP contribution in [0.2, 0.25) is 0 Å². The smallest absolute Gasteiger partial charge is 0.0961 e. The average molecular weight is 173 g/mol. The van der Waals surface area contributed by atoms with Gasteiger partial charge in [0.2, 0.25) is 0 Å². The third kappa shape index (κ3) is 1.99. The lowest BCUT2D eigenvalue weighted by Crippen LogP contribution is -1.94. The molecule has 56 valence electrons. The lowest BCUT2D eigenvalue weighted by Gasteiger charge is -2.03. The second kappa shape index (κ2) is 3.98. The molecule has 1 atom stereocenters. The van der Waals surface area contributed by atoms with Crippen LogP contribution in [0.4, 0.5) is 0 Å². The minimum atomic E-state index is 0.620. The van der Waals surface area contributed by atoms with Gasteiger partial charge in [-0.15, -0.1) is 11.3 Å². The van der Waals surface area contributed by atoms with E-state index in [1.54, 1.807) is 11.3 Å². The summed E-state index contributed by atoms with van der Waals surface area (Å²) in [6.45, 7) is 2.22. The van der Waals surface area contributed by atoms with Crippen molar-refractivity contribution in [1.29, 1.82) is 0 Å². The SMILES string of the molecule is CSCC(C)c1nccs1. The van der Waals surface area contributed by atoms with Crippen LogP contribution in [0.25, 0.3) is 0 Å². The Morgan fingerprint density at radius 2 is 2.60 bits per heavy atom. The molecular weight excluding hydrogens is 162 g/mol. The lowest BCUT2D eigenvalue weighted by molar-refractivity contribution is 0.867. The second-order valence-corrected chi connectivity index (χ2v) is 4.06. The predicted molar refractivity (Wildman–Crippen MR) is 48.9 cm³/mol. The summed E-state index contributed by atoms with van der Waals surface area (Å²) in [7, 11) is 0. The molecule has 0 saturated heterocycles. The van der Waals surface area contributed by atoms with Gasteiger partial charge in [0, 0.05) is 23.2 Å². The van der Waals surface area contributed by atoms with E-state index in [2.05, 4.69) is 18.2 Å². The van der Waals surface area contributed by atoms with E-state index >= 15 is 0 Å². The standard InChI is InChI=1S/C7H11NS2/c1-6(5-9-2)7-8-3-4-10-7/h3-4,6H,5H2,1-2H3. The van der Waals surface area contributed by atoms with E-state index in [1.807, 2.05) is 23.3 Å². The van der Waals surface area contributed by atoms with Crippen LogP contribution >= 0.6 is 23.1 Å². The van der Waals surface area contributed by atoms with Crippen LogP contribution in [0.3, 0.4) is 0 Å². The average Bonchev–Trinajstić information content (AvgIpc) is 2.38. The Bertz CT molecular complexity index is 172. The number of hydrogen-bond donors (Lipinski definition) is 0. The zero-order chi connectivity index (χ0) is 7.40. The molecule has 0 amide bonds. The van der Waals surface area contributed by atoms with Gasteiger partial charge in [-0.2, -0.15) is 11.8 Å². The maximum atomic E-state index is 4.24. The van der Waals surface area contributed by atoms with Crippen molar-refractivity contribution in [2.24, 2.45) is 0 Å². The zero-order valence-corrected chi connectivity index (χ0v) is 7.84. The minimum absolute atomic E-state index is 0.620. The van der Waals surface area contributed by atoms with Gasteiger partial charge < -0.3 is 0 Å². The highest BCUT2D eigenvalue weighted by molar-refractivity contribution is 7.98. The molecule has 0 bridgehead atoms. The van der Waals surface area contributed by atoms with Crippen LogP contribution in [0.5, 0.6) is 0 Å². The Balaban J connectivity index is 2.50. The molecule has 3 heteroatoms. The highest BCUT2D eigenvalue weighted by Crippen LogP contribution is 2.20. The zero-order valence-electron chi connectivity index (χ0n) is 6.20. The Hall–Kier alpha value is -0.0200. The lowest BCUT2D eigenvalue weighted by atomic mass is 10.2. The number of hydrogen-bond acceptors (Lipinski definition) is 3. The van der Waals surface area contributed by atoms with E-state index in [0.29, 0.717) is 5.92 Å². The van der Waals surface area contributed by atoms with Crippen LogP contribution in [-0.4, -0.2) is 17.0 Å². The summed E-state index contributed by atoms with van der Waals surface area (Å²) in [4.78, 5) is 4.24. The van der Waals surface area contributed by atoms with Gasteiger partial charge in [-0.3, -0.25) is 0 Å². The predicted octanol–water partition coefficient (Wildman–Crippen LogP) is 2.61. The molecule has 1 rings (SSSR count). The number of nitrogens with zero attached hydrogens (tertiary/aromatic N) is 1. The molecule has 0 fully saturated rings. The molecule has 1 nitrogen and oxygen atoms in total. The number of thioether (sulfide) groups is 1. The monoisotopic (exact) mass is 173 g/mol. The fraction of sp³-hybridized carbons (Fsp3) is 0.571. The summed E-state index contributed by atoms with van der Waals surface area (Å²) < 4.78 is 0. The van der Waals surface area contributed by atoms with Crippen molar-refractivity contribution in [3.63, 3.8) is 0 Å². The summed E-state index contributed by atoms with van der Waals surface area (Å²) in [6.07, 6.45) is 4.00. The molecule has 1 heterocycles. The topological polar surface area (TPSA) is 12.9 Å². The highest BCUT2D eigenvalue weighted by atomic mass is 32.2. The van der Waals surface area contributed by atoms with Crippen molar-refractivity contribution in [1.82, 2.24) is 4.98 Å².